The van der Waals surface area contributed by atoms with Crippen molar-refractivity contribution < 1.29 is 9.32 Å². The first-order valence-electron chi connectivity index (χ1n) is 5.60. The smallest absolute Gasteiger partial charge is 0.224 e. The molecule has 1 aliphatic rings. The maximum Gasteiger partial charge on any atom is 0.224 e. The van der Waals surface area contributed by atoms with E-state index in [0.717, 1.165) is 25.9 Å². The summed E-state index contributed by atoms with van der Waals surface area (Å²) in [5, 5.41) is 9.79. The zero-order chi connectivity index (χ0) is 11.2. The third kappa shape index (κ3) is 3.03. The van der Waals surface area contributed by atoms with Gasteiger partial charge in [0.2, 0.25) is 12.3 Å². The Morgan fingerprint density at radius 1 is 1.69 bits per heavy atom. The van der Waals surface area contributed by atoms with E-state index < -0.39 is 0 Å². The molecule has 6 heteroatoms. The predicted molar refractivity (Wildman–Crippen MR) is 56.6 cm³/mol. The van der Waals surface area contributed by atoms with Crippen molar-refractivity contribution in [3.63, 3.8) is 0 Å². The average Bonchev–Trinajstić information content (AvgIpc) is 2.83. The maximum atomic E-state index is 11.7. The second-order valence-electron chi connectivity index (χ2n) is 3.93. The minimum absolute atomic E-state index is 0.110. The van der Waals surface area contributed by atoms with Crippen LogP contribution in [0.1, 0.15) is 18.7 Å². The minimum atomic E-state index is 0.110. The van der Waals surface area contributed by atoms with Crippen molar-refractivity contribution in [3.05, 3.63) is 12.2 Å². The summed E-state index contributed by atoms with van der Waals surface area (Å²) in [6.45, 7) is 2.37. The van der Waals surface area contributed by atoms with Crippen molar-refractivity contribution in [3.8, 4) is 0 Å². The van der Waals surface area contributed by atoms with E-state index in [2.05, 4.69) is 25.3 Å². The number of hydrogen-bond acceptors (Lipinski definition) is 5. The molecule has 1 atom stereocenters. The number of carbonyl (C=O) groups excluding carboxylic acids is 1. The van der Waals surface area contributed by atoms with Crippen LogP contribution >= 0.6 is 0 Å². The van der Waals surface area contributed by atoms with Crippen LogP contribution in [0.4, 0.5) is 0 Å². The van der Waals surface area contributed by atoms with E-state index in [4.69, 9.17) is 0 Å². The van der Waals surface area contributed by atoms with Crippen LogP contribution in [0.25, 0.3) is 0 Å². The van der Waals surface area contributed by atoms with Gasteiger partial charge in [0.05, 0.1) is 5.92 Å². The molecular weight excluding hydrogens is 208 g/mol. The van der Waals surface area contributed by atoms with Gasteiger partial charge >= 0.3 is 0 Å². The number of aromatic nitrogens is 2. The lowest BCUT2D eigenvalue weighted by Gasteiger charge is -2.21. The fraction of sp³-hybridized carbons (Fsp3) is 0.700. The molecule has 0 radical (unpaired) electrons. The molecule has 1 saturated heterocycles. The molecule has 1 aromatic heterocycles. The molecule has 0 unspecified atom stereocenters. The Balaban J connectivity index is 1.67. The van der Waals surface area contributed by atoms with Crippen molar-refractivity contribution in [2.24, 2.45) is 5.92 Å². The molecule has 0 aliphatic carbocycles. The molecule has 88 valence electrons. The van der Waals surface area contributed by atoms with E-state index in [-0.39, 0.29) is 11.8 Å². The van der Waals surface area contributed by atoms with E-state index >= 15 is 0 Å². The molecule has 1 amide bonds. The first kappa shape index (κ1) is 11.1. The highest BCUT2D eigenvalue weighted by Crippen LogP contribution is 2.09. The van der Waals surface area contributed by atoms with Gasteiger partial charge in [0.15, 0.2) is 5.82 Å². The number of piperidine rings is 1. The molecule has 1 fully saturated rings. The summed E-state index contributed by atoms with van der Waals surface area (Å²) in [5.41, 5.74) is 0. The molecule has 0 spiro atoms. The van der Waals surface area contributed by atoms with Crippen LogP contribution in [0.15, 0.2) is 10.9 Å². The highest BCUT2D eigenvalue weighted by atomic mass is 16.5. The number of nitrogens with zero attached hydrogens (tertiary/aromatic N) is 2. The van der Waals surface area contributed by atoms with Crippen molar-refractivity contribution in [2.45, 2.75) is 19.3 Å². The Morgan fingerprint density at radius 3 is 3.31 bits per heavy atom. The molecule has 1 aliphatic heterocycles. The van der Waals surface area contributed by atoms with Crippen LogP contribution in [-0.4, -0.2) is 35.7 Å². The number of carbonyl (C=O) groups is 1. The highest BCUT2D eigenvalue weighted by molar-refractivity contribution is 5.78. The predicted octanol–water partition coefficient (Wildman–Crippen LogP) is -0.272. The Kier molecular flexibility index (Phi) is 3.87. The second kappa shape index (κ2) is 5.60. The molecule has 16 heavy (non-hydrogen) atoms. The van der Waals surface area contributed by atoms with Gasteiger partial charge in [-0.1, -0.05) is 5.16 Å². The minimum Gasteiger partial charge on any atom is -0.355 e. The van der Waals surface area contributed by atoms with E-state index in [0.29, 0.717) is 18.8 Å². The van der Waals surface area contributed by atoms with Crippen molar-refractivity contribution in [1.82, 2.24) is 20.8 Å². The summed E-state index contributed by atoms with van der Waals surface area (Å²) in [6.07, 6.45) is 3.95. The highest BCUT2D eigenvalue weighted by Gasteiger charge is 2.20. The summed E-state index contributed by atoms with van der Waals surface area (Å²) in [4.78, 5) is 15.6. The Morgan fingerprint density at radius 2 is 2.62 bits per heavy atom. The Hall–Kier alpha value is -1.43. The molecule has 6 nitrogen and oxygen atoms in total. The SMILES string of the molecule is O=C(NCCc1ncon1)[C@H]1CCCNC1. The van der Waals surface area contributed by atoms with Crippen LogP contribution in [0, 0.1) is 5.92 Å². The molecule has 0 bridgehead atoms. The molecule has 0 saturated carbocycles. The van der Waals surface area contributed by atoms with Crippen LogP contribution in [0.5, 0.6) is 0 Å². The number of hydrogen-bond donors (Lipinski definition) is 2. The fourth-order valence-corrected chi connectivity index (χ4v) is 1.82. The maximum absolute atomic E-state index is 11.7. The summed E-state index contributed by atoms with van der Waals surface area (Å²) in [6, 6.07) is 0. The van der Waals surface area contributed by atoms with Crippen molar-refractivity contribution >= 4 is 5.91 Å². The lowest BCUT2D eigenvalue weighted by Crippen LogP contribution is -2.41. The Labute approximate surface area is 93.8 Å². The van der Waals surface area contributed by atoms with Gasteiger partial charge in [-0.15, -0.1) is 0 Å². The zero-order valence-corrected chi connectivity index (χ0v) is 9.11. The standard InChI is InChI=1S/C10H16N4O2/c15-10(8-2-1-4-11-6-8)12-5-3-9-13-7-16-14-9/h7-8,11H,1-6H2,(H,12,15)/t8-/m0/s1. The second-order valence-corrected chi connectivity index (χ2v) is 3.93. The molecule has 2 rings (SSSR count). The largest absolute Gasteiger partial charge is 0.355 e. The monoisotopic (exact) mass is 224 g/mol. The number of amides is 1. The van der Waals surface area contributed by atoms with Gasteiger partial charge in [-0.05, 0) is 19.4 Å². The van der Waals surface area contributed by atoms with Gasteiger partial charge in [-0.2, -0.15) is 4.98 Å². The van der Waals surface area contributed by atoms with Crippen LogP contribution in [0.2, 0.25) is 0 Å². The molecule has 2 N–H and O–H groups in total. The van der Waals surface area contributed by atoms with E-state index in [1.165, 1.54) is 6.39 Å². The van der Waals surface area contributed by atoms with Gasteiger partial charge in [0.25, 0.3) is 0 Å². The van der Waals surface area contributed by atoms with E-state index in [1.54, 1.807) is 0 Å². The summed E-state index contributed by atoms with van der Waals surface area (Å²) < 4.78 is 4.60. The van der Waals surface area contributed by atoms with Gasteiger partial charge in [0, 0.05) is 19.5 Å². The lowest BCUT2D eigenvalue weighted by atomic mass is 9.99. The fourth-order valence-electron chi connectivity index (χ4n) is 1.82. The van der Waals surface area contributed by atoms with Crippen LogP contribution in [-0.2, 0) is 11.2 Å². The summed E-state index contributed by atoms with van der Waals surface area (Å²) >= 11 is 0. The quantitative estimate of drug-likeness (QED) is 0.735. The van der Waals surface area contributed by atoms with Crippen molar-refractivity contribution in [2.75, 3.05) is 19.6 Å². The first-order valence-corrected chi connectivity index (χ1v) is 5.60. The normalized spacial score (nSPS) is 20.6. The van der Waals surface area contributed by atoms with Gasteiger partial charge < -0.3 is 15.2 Å². The van der Waals surface area contributed by atoms with Gasteiger partial charge in [0.1, 0.15) is 0 Å². The van der Waals surface area contributed by atoms with Crippen LogP contribution < -0.4 is 10.6 Å². The topological polar surface area (TPSA) is 80.1 Å². The average molecular weight is 224 g/mol. The van der Waals surface area contributed by atoms with E-state index in [1.807, 2.05) is 0 Å². The van der Waals surface area contributed by atoms with E-state index in [9.17, 15) is 4.79 Å². The summed E-state index contributed by atoms with van der Waals surface area (Å²) in [7, 11) is 0. The van der Waals surface area contributed by atoms with Crippen molar-refractivity contribution in [1.29, 1.82) is 0 Å². The third-order valence-corrected chi connectivity index (χ3v) is 2.72. The third-order valence-electron chi connectivity index (χ3n) is 2.72. The van der Waals surface area contributed by atoms with Gasteiger partial charge in [-0.25, -0.2) is 0 Å². The summed E-state index contributed by atoms with van der Waals surface area (Å²) in [5.74, 6) is 0.858. The first-order chi connectivity index (χ1) is 7.86. The molecule has 2 heterocycles. The van der Waals surface area contributed by atoms with Crippen LogP contribution in [0.3, 0.4) is 0 Å². The number of rotatable bonds is 4. The number of nitrogens with one attached hydrogen (secondary N) is 2. The zero-order valence-electron chi connectivity index (χ0n) is 9.11. The Bertz CT molecular complexity index is 320. The molecule has 1 aromatic rings. The van der Waals surface area contributed by atoms with Gasteiger partial charge in [-0.3, -0.25) is 4.79 Å². The molecular formula is C10H16N4O2. The lowest BCUT2D eigenvalue weighted by molar-refractivity contribution is -0.125. The molecule has 0 aromatic carbocycles.